The number of carbonyl (C=O) groups excluding carboxylic acids is 2. The van der Waals surface area contributed by atoms with Gasteiger partial charge in [0.1, 0.15) is 11.8 Å². The minimum Gasteiger partial charge on any atom is -0.494 e. The van der Waals surface area contributed by atoms with E-state index in [2.05, 4.69) is 5.32 Å². The molecule has 0 radical (unpaired) electrons. The molecule has 3 atom stereocenters. The smallest absolute Gasteiger partial charge is 0.322 e. The topological polar surface area (TPSA) is 71.1 Å². The second-order valence-electron chi connectivity index (χ2n) is 6.45. The lowest BCUT2D eigenvalue weighted by Crippen LogP contribution is -2.60. The van der Waals surface area contributed by atoms with Gasteiger partial charge in [-0.3, -0.25) is 4.79 Å². The lowest BCUT2D eigenvalue weighted by molar-refractivity contribution is -0.141. The van der Waals surface area contributed by atoms with Crippen LogP contribution in [0.2, 0.25) is 0 Å². The van der Waals surface area contributed by atoms with Crippen LogP contribution in [0.5, 0.6) is 5.75 Å². The molecule has 2 aliphatic rings. The molecule has 2 aliphatic heterocycles. The molecule has 0 aliphatic carbocycles. The maximum absolute atomic E-state index is 12.7. The van der Waals surface area contributed by atoms with Gasteiger partial charge in [0.05, 0.1) is 18.8 Å². The van der Waals surface area contributed by atoms with E-state index in [1.54, 1.807) is 31.1 Å². The van der Waals surface area contributed by atoms with Crippen LogP contribution in [0.4, 0.5) is 10.5 Å². The van der Waals surface area contributed by atoms with Gasteiger partial charge in [-0.05, 0) is 44.5 Å². The summed E-state index contributed by atoms with van der Waals surface area (Å²) in [5.41, 5.74) is 0.678. The molecule has 0 bridgehead atoms. The second-order valence-corrected chi connectivity index (χ2v) is 6.45. The normalized spacial score (nSPS) is 25.7. The molecule has 0 saturated carbocycles. The minimum absolute atomic E-state index is 0.0161. The molecule has 0 aromatic heterocycles. The Morgan fingerprint density at radius 1 is 1.28 bits per heavy atom. The van der Waals surface area contributed by atoms with E-state index >= 15 is 0 Å². The van der Waals surface area contributed by atoms with Crippen LogP contribution in [0, 0.1) is 0 Å². The van der Waals surface area contributed by atoms with Crippen molar-refractivity contribution in [3.05, 3.63) is 24.3 Å². The molecule has 136 valence electrons. The molecule has 7 nitrogen and oxygen atoms in total. The number of carbonyl (C=O) groups is 2. The molecule has 2 fully saturated rings. The Hall–Kier alpha value is -2.28. The van der Waals surface area contributed by atoms with Crippen molar-refractivity contribution in [1.82, 2.24) is 9.80 Å². The molecule has 0 unspecified atom stereocenters. The van der Waals surface area contributed by atoms with E-state index in [-0.39, 0.29) is 24.1 Å². The second kappa shape index (κ2) is 7.31. The van der Waals surface area contributed by atoms with Gasteiger partial charge in [0.25, 0.3) is 0 Å². The van der Waals surface area contributed by atoms with Gasteiger partial charge in [-0.25, -0.2) is 4.79 Å². The molecule has 25 heavy (non-hydrogen) atoms. The van der Waals surface area contributed by atoms with Crippen molar-refractivity contribution >= 4 is 17.6 Å². The van der Waals surface area contributed by atoms with Crippen molar-refractivity contribution in [2.24, 2.45) is 0 Å². The molecule has 3 rings (SSSR count). The zero-order chi connectivity index (χ0) is 18.0. The summed E-state index contributed by atoms with van der Waals surface area (Å²) in [5, 5.41) is 2.87. The van der Waals surface area contributed by atoms with Gasteiger partial charge in [-0.15, -0.1) is 0 Å². The van der Waals surface area contributed by atoms with Crippen LogP contribution in [0.15, 0.2) is 24.3 Å². The average molecular weight is 347 g/mol. The summed E-state index contributed by atoms with van der Waals surface area (Å²) in [5.74, 6) is 0.742. The molecule has 3 amide bonds. The quantitative estimate of drug-likeness (QED) is 0.903. The van der Waals surface area contributed by atoms with E-state index in [0.717, 1.165) is 12.2 Å². The zero-order valence-corrected chi connectivity index (χ0v) is 14.9. The van der Waals surface area contributed by atoms with E-state index < -0.39 is 6.04 Å². The number of ether oxygens (including phenoxy) is 2. The summed E-state index contributed by atoms with van der Waals surface area (Å²) >= 11 is 0. The van der Waals surface area contributed by atoms with Crippen molar-refractivity contribution in [2.75, 3.05) is 32.1 Å². The Morgan fingerprint density at radius 3 is 2.64 bits per heavy atom. The van der Waals surface area contributed by atoms with Crippen LogP contribution < -0.4 is 10.1 Å². The van der Waals surface area contributed by atoms with Crippen LogP contribution in [0.3, 0.4) is 0 Å². The van der Waals surface area contributed by atoms with Crippen LogP contribution in [-0.2, 0) is 9.53 Å². The molecule has 1 aromatic rings. The van der Waals surface area contributed by atoms with Gasteiger partial charge in [-0.1, -0.05) is 0 Å². The highest BCUT2D eigenvalue weighted by molar-refractivity contribution is 5.94. The maximum atomic E-state index is 12.7. The number of nitrogens with one attached hydrogen (secondary N) is 1. The first kappa shape index (κ1) is 17.5. The molecule has 2 heterocycles. The van der Waals surface area contributed by atoms with Gasteiger partial charge >= 0.3 is 6.03 Å². The molecule has 2 saturated heterocycles. The number of amides is 3. The third kappa shape index (κ3) is 3.56. The van der Waals surface area contributed by atoms with Crippen LogP contribution in [0.25, 0.3) is 0 Å². The van der Waals surface area contributed by atoms with Crippen molar-refractivity contribution < 1.29 is 19.1 Å². The number of piperazine rings is 1. The monoisotopic (exact) mass is 347 g/mol. The number of fused-ring (bicyclic) bond motifs is 1. The third-order valence-corrected chi connectivity index (χ3v) is 4.90. The maximum Gasteiger partial charge on any atom is 0.322 e. The summed E-state index contributed by atoms with van der Waals surface area (Å²) in [6.45, 7) is 5.43. The Kier molecular flexibility index (Phi) is 5.13. The highest BCUT2D eigenvalue weighted by atomic mass is 16.5. The Bertz CT molecular complexity index is 634. The van der Waals surface area contributed by atoms with E-state index in [9.17, 15) is 9.59 Å². The van der Waals surface area contributed by atoms with Crippen LogP contribution in [0.1, 0.15) is 20.3 Å². The van der Waals surface area contributed by atoms with E-state index in [1.165, 1.54) is 0 Å². The summed E-state index contributed by atoms with van der Waals surface area (Å²) in [6.07, 6.45) is 0.817. The van der Waals surface area contributed by atoms with Crippen molar-refractivity contribution in [1.29, 1.82) is 0 Å². The highest BCUT2D eigenvalue weighted by Crippen LogP contribution is 2.28. The molecular weight excluding hydrogens is 322 g/mol. The number of rotatable bonds is 4. The van der Waals surface area contributed by atoms with Gasteiger partial charge in [-0.2, -0.15) is 0 Å². The number of hydrogen-bond donors (Lipinski definition) is 1. The fraction of sp³-hybridized carbons (Fsp3) is 0.556. The highest BCUT2D eigenvalue weighted by Gasteiger charge is 2.45. The number of anilines is 1. The molecule has 1 aromatic carbocycles. The zero-order valence-electron chi connectivity index (χ0n) is 14.9. The summed E-state index contributed by atoms with van der Waals surface area (Å²) in [6, 6.07) is 6.50. The van der Waals surface area contributed by atoms with Crippen LogP contribution in [-0.4, -0.2) is 66.7 Å². The Labute approximate surface area is 147 Å². The Balaban J connectivity index is 1.66. The van der Waals surface area contributed by atoms with E-state index in [4.69, 9.17) is 9.47 Å². The minimum atomic E-state index is -0.477. The average Bonchev–Trinajstić information content (AvgIpc) is 3.03. The predicted octanol–water partition coefficient (Wildman–Crippen LogP) is 1.94. The van der Waals surface area contributed by atoms with Gasteiger partial charge in [0.15, 0.2) is 0 Å². The summed E-state index contributed by atoms with van der Waals surface area (Å²) in [7, 11) is 1.66. The third-order valence-electron chi connectivity index (χ3n) is 4.90. The van der Waals surface area contributed by atoms with Crippen molar-refractivity contribution in [3.63, 3.8) is 0 Å². The molecule has 0 spiro atoms. The first-order valence-electron chi connectivity index (χ1n) is 8.67. The van der Waals surface area contributed by atoms with Gasteiger partial charge in [0.2, 0.25) is 5.91 Å². The lowest BCUT2D eigenvalue weighted by atomic mass is 10.1. The first-order chi connectivity index (χ1) is 12.0. The number of hydrogen-bond acceptors (Lipinski definition) is 4. The number of methoxy groups -OCH3 is 1. The fourth-order valence-corrected chi connectivity index (χ4v) is 3.50. The van der Waals surface area contributed by atoms with Crippen molar-refractivity contribution in [3.8, 4) is 5.75 Å². The lowest BCUT2D eigenvalue weighted by Gasteiger charge is -2.41. The van der Waals surface area contributed by atoms with Crippen LogP contribution >= 0.6 is 0 Å². The number of urea groups is 1. The fourth-order valence-electron chi connectivity index (χ4n) is 3.50. The summed E-state index contributed by atoms with van der Waals surface area (Å²) in [4.78, 5) is 28.7. The SMILES string of the molecule is CCOc1ccc(NC(=O)N2C[C@@H]3C[C@H](OC)CN3C(=O)[C@@H]2C)cc1. The first-order valence-corrected chi connectivity index (χ1v) is 8.67. The molecular formula is C18H25N3O4. The Morgan fingerprint density at radius 2 is 2.00 bits per heavy atom. The van der Waals surface area contributed by atoms with Crippen molar-refractivity contribution in [2.45, 2.75) is 38.5 Å². The van der Waals surface area contributed by atoms with Gasteiger partial charge in [0, 0.05) is 25.9 Å². The number of nitrogens with zero attached hydrogens (tertiary/aromatic N) is 2. The van der Waals surface area contributed by atoms with E-state index in [1.807, 2.05) is 24.0 Å². The molecule has 7 heteroatoms. The summed E-state index contributed by atoms with van der Waals surface area (Å²) < 4.78 is 10.8. The standard InChI is InChI=1S/C18H25N3O4/c1-4-25-15-7-5-13(6-8-15)19-18(23)20-10-14-9-16(24-3)11-21(14)17(22)12(20)2/h5-8,12,14,16H,4,9-11H2,1-3H3,(H,19,23)/t12-,14-,16-/m0/s1. The van der Waals surface area contributed by atoms with E-state index in [0.29, 0.717) is 25.4 Å². The van der Waals surface area contributed by atoms with Gasteiger partial charge < -0.3 is 24.6 Å². The molecule has 1 N–H and O–H groups in total. The number of benzene rings is 1. The largest absolute Gasteiger partial charge is 0.494 e. The predicted molar refractivity (Wildman–Crippen MR) is 93.7 cm³/mol.